The first-order valence-corrected chi connectivity index (χ1v) is 11.6. The summed E-state index contributed by atoms with van der Waals surface area (Å²) in [6.07, 6.45) is 5.41. The van der Waals surface area contributed by atoms with E-state index in [1.54, 1.807) is 10.3 Å². The molecule has 7 heteroatoms. The van der Waals surface area contributed by atoms with E-state index in [4.69, 9.17) is 4.74 Å². The molecule has 1 aliphatic heterocycles. The maximum absolute atomic E-state index is 13.1. The zero-order valence-electron chi connectivity index (χ0n) is 17.5. The average Bonchev–Trinajstić information content (AvgIpc) is 3.14. The van der Waals surface area contributed by atoms with E-state index < -0.39 is 0 Å². The van der Waals surface area contributed by atoms with E-state index >= 15 is 0 Å². The Bertz CT molecular complexity index is 864. The second-order valence-corrected chi connectivity index (χ2v) is 9.26. The van der Waals surface area contributed by atoms with Crippen LogP contribution in [0.5, 0.6) is 0 Å². The van der Waals surface area contributed by atoms with Gasteiger partial charge in [-0.05, 0) is 25.3 Å². The molecule has 2 fully saturated rings. The number of ether oxygens (including phenoxy) is 1. The number of amides is 2. The molecule has 4 rings (SSSR count). The molecule has 0 radical (unpaired) electrons. The molecule has 0 spiro atoms. The molecule has 0 bridgehead atoms. The standard InChI is InChI=1S/C23H29N3O3S/c1-17-24-21(16-30-17)23(28)25-12-20(29-15-18-8-4-2-5-9-18)13-26(22(27)14-25)19-10-6-3-7-11-19/h2,4-5,8-9,16,19-20H,3,6-7,10-15H2,1H3. The predicted molar refractivity (Wildman–Crippen MR) is 116 cm³/mol. The highest BCUT2D eigenvalue weighted by atomic mass is 32.1. The lowest BCUT2D eigenvalue weighted by molar-refractivity contribution is -0.134. The van der Waals surface area contributed by atoms with Gasteiger partial charge in [0.2, 0.25) is 5.91 Å². The average molecular weight is 428 g/mol. The summed E-state index contributed by atoms with van der Waals surface area (Å²) in [5.41, 5.74) is 1.50. The molecule has 1 saturated heterocycles. The smallest absolute Gasteiger partial charge is 0.273 e. The molecule has 2 aliphatic rings. The highest BCUT2D eigenvalue weighted by Crippen LogP contribution is 2.25. The van der Waals surface area contributed by atoms with Crippen molar-refractivity contribution in [3.05, 3.63) is 52.0 Å². The number of carbonyl (C=O) groups is 2. The van der Waals surface area contributed by atoms with Gasteiger partial charge >= 0.3 is 0 Å². The second kappa shape index (κ2) is 9.71. The molecule has 1 aliphatic carbocycles. The number of hydrogen-bond acceptors (Lipinski definition) is 5. The van der Waals surface area contributed by atoms with Crippen molar-refractivity contribution in [2.45, 2.75) is 57.8 Å². The Morgan fingerprint density at radius 2 is 1.93 bits per heavy atom. The van der Waals surface area contributed by atoms with E-state index in [9.17, 15) is 9.59 Å². The Kier molecular flexibility index (Phi) is 6.79. The lowest BCUT2D eigenvalue weighted by Crippen LogP contribution is -2.46. The van der Waals surface area contributed by atoms with Crippen LogP contribution in [0.25, 0.3) is 0 Å². The third-order valence-electron chi connectivity index (χ3n) is 5.94. The number of aromatic nitrogens is 1. The number of carbonyl (C=O) groups excluding carboxylic acids is 2. The quantitative estimate of drug-likeness (QED) is 0.731. The van der Waals surface area contributed by atoms with Crippen molar-refractivity contribution >= 4 is 23.2 Å². The molecule has 1 atom stereocenters. The number of aryl methyl sites for hydroxylation is 1. The Balaban J connectivity index is 1.52. The number of hydrogen-bond donors (Lipinski definition) is 0. The summed E-state index contributed by atoms with van der Waals surface area (Å²) in [6.45, 7) is 3.38. The molecule has 2 aromatic rings. The van der Waals surface area contributed by atoms with Crippen LogP contribution in [0.1, 0.15) is 53.2 Å². The lowest BCUT2D eigenvalue weighted by Gasteiger charge is -2.34. The zero-order valence-corrected chi connectivity index (χ0v) is 18.3. The van der Waals surface area contributed by atoms with Crippen molar-refractivity contribution in [1.29, 1.82) is 0 Å². The molecule has 2 amide bonds. The predicted octanol–water partition coefficient (Wildman–Crippen LogP) is 3.65. The number of benzene rings is 1. The molecule has 1 aromatic carbocycles. The van der Waals surface area contributed by atoms with Gasteiger partial charge in [-0.15, -0.1) is 11.3 Å². The summed E-state index contributed by atoms with van der Waals surface area (Å²) in [7, 11) is 0. The lowest BCUT2D eigenvalue weighted by atomic mass is 9.94. The first-order chi connectivity index (χ1) is 14.6. The fourth-order valence-corrected chi connectivity index (χ4v) is 4.95. The maximum atomic E-state index is 13.1. The van der Waals surface area contributed by atoms with Crippen molar-refractivity contribution < 1.29 is 14.3 Å². The molecule has 2 heterocycles. The molecule has 6 nitrogen and oxygen atoms in total. The minimum Gasteiger partial charge on any atom is -0.370 e. The van der Waals surface area contributed by atoms with Gasteiger partial charge in [-0.2, -0.15) is 0 Å². The van der Waals surface area contributed by atoms with Crippen molar-refractivity contribution in [1.82, 2.24) is 14.8 Å². The van der Waals surface area contributed by atoms with Crippen LogP contribution in [0, 0.1) is 6.92 Å². The highest BCUT2D eigenvalue weighted by molar-refractivity contribution is 7.09. The van der Waals surface area contributed by atoms with Gasteiger partial charge in [-0.1, -0.05) is 49.6 Å². The first kappa shape index (κ1) is 21.0. The zero-order chi connectivity index (χ0) is 20.9. The maximum Gasteiger partial charge on any atom is 0.273 e. The number of thiazole rings is 1. The van der Waals surface area contributed by atoms with Gasteiger partial charge in [0.1, 0.15) is 12.2 Å². The van der Waals surface area contributed by atoms with E-state index in [2.05, 4.69) is 4.98 Å². The van der Waals surface area contributed by atoms with Gasteiger partial charge in [0.25, 0.3) is 5.91 Å². The van der Waals surface area contributed by atoms with E-state index in [-0.39, 0.29) is 30.5 Å². The second-order valence-electron chi connectivity index (χ2n) is 8.19. The summed E-state index contributed by atoms with van der Waals surface area (Å²) in [5.74, 6) is -0.167. The van der Waals surface area contributed by atoms with Crippen molar-refractivity contribution in [2.24, 2.45) is 0 Å². The molecule has 1 aromatic heterocycles. The van der Waals surface area contributed by atoms with Crippen LogP contribution in [-0.4, -0.2) is 58.4 Å². The van der Waals surface area contributed by atoms with Crippen molar-refractivity contribution in [3.8, 4) is 0 Å². The molecule has 1 unspecified atom stereocenters. The summed E-state index contributed by atoms with van der Waals surface area (Å²) >= 11 is 1.45. The normalized spacial score (nSPS) is 21.0. The number of nitrogens with zero attached hydrogens (tertiary/aromatic N) is 3. The van der Waals surface area contributed by atoms with Crippen LogP contribution in [0.15, 0.2) is 35.7 Å². The Morgan fingerprint density at radius 3 is 2.63 bits per heavy atom. The largest absolute Gasteiger partial charge is 0.370 e. The van der Waals surface area contributed by atoms with Gasteiger partial charge < -0.3 is 14.5 Å². The fourth-order valence-electron chi connectivity index (χ4n) is 4.36. The van der Waals surface area contributed by atoms with E-state index in [0.29, 0.717) is 25.4 Å². The minimum absolute atomic E-state index is 0.0213. The van der Waals surface area contributed by atoms with Crippen LogP contribution in [0.3, 0.4) is 0 Å². The third kappa shape index (κ3) is 5.08. The van der Waals surface area contributed by atoms with E-state index in [0.717, 1.165) is 36.3 Å². The summed E-state index contributed by atoms with van der Waals surface area (Å²) < 4.78 is 6.23. The third-order valence-corrected chi connectivity index (χ3v) is 6.71. The van der Waals surface area contributed by atoms with Gasteiger partial charge in [0.05, 0.1) is 17.7 Å². The molecular weight excluding hydrogens is 398 g/mol. The van der Waals surface area contributed by atoms with Crippen LogP contribution >= 0.6 is 11.3 Å². The summed E-state index contributed by atoms with van der Waals surface area (Å²) in [4.78, 5) is 34.1. The van der Waals surface area contributed by atoms with E-state index in [1.165, 1.54) is 17.8 Å². The molecule has 160 valence electrons. The topological polar surface area (TPSA) is 62.7 Å². The number of rotatable bonds is 5. The Morgan fingerprint density at radius 1 is 1.17 bits per heavy atom. The van der Waals surface area contributed by atoms with Crippen molar-refractivity contribution in [2.75, 3.05) is 19.6 Å². The van der Waals surface area contributed by atoms with Gasteiger partial charge in [-0.3, -0.25) is 9.59 Å². The van der Waals surface area contributed by atoms with Crippen LogP contribution in [0.2, 0.25) is 0 Å². The monoisotopic (exact) mass is 427 g/mol. The van der Waals surface area contributed by atoms with Crippen LogP contribution in [0.4, 0.5) is 0 Å². The van der Waals surface area contributed by atoms with Crippen molar-refractivity contribution in [3.63, 3.8) is 0 Å². The molecule has 30 heavy (non-hydrogen) atoms. The summed E-state index contributed by atoms with van der Waals surface area (Å²) in [6, 6.07) is 10.3. The van der Waals surface area contributed by atoms with Crippen LogP contribution < -0.4 is 0 Å². The van der Waals surface area contributed by atoms with Gasteiger partial charge in [-0.25, -0.2) is 4.98 Å². The van der Waals surface area contributed by atoms with Gasteiger partial charge in [0, 0.05) is 24.5 Å². The minimum atomic E-state index is -0.220. The van der Waals surface area contributed by atoms with Gasteiger partial charge in [0.15, 0.2) is 0 Å². The Hall–Kier alpha value is -2.25. The highest BCUT2D eigenvalue weighted by Gasteiger charge is 2.35. The van der Waals surface area contributed by atoms with E-state index in [1.807, 2.05) is 42.2 Å². The Labute approximate surface area is 181 Å². The summed E-state index contributed by atoms with van der Waals surface area (Å²) in [5, 5.41) is 2.62. The fraction of sp³-hybridized carbons (Fsp3) is 0.522. The first-order valence-electron chi connectivity index (χ1n) is 10.8. The van der Waals surface area contributed by atoms with Crippen LogP contribution in [-0.2, 0) is 16.1 Å². The molecule has 1 saturated carbocycles. The molecule has 0 N–H and O–H groups in total. The molecular formula is C23H29N3O3S. The SMILES string of the molecule is Cc1nc(C(=O)N2CC(=O)N(C3CCCCC3)CC(OCc3ccccc3)C2)cs1.